The van der Waals surface area contributed by atoms with Gasteiger partial charge in [0.05, 0.1) is 0 Å². The minimum Gasteiger partial charge on any atom is -0.324 e. The molecule has 98 valence electrons. The van der Waals surface area contributed by atoms with Crippen molar-refractivity contribution in [2.24, 2.45) is 5.73 Å². The molecule has 1 atom stereocenters. The summed E-state index contributed by atoms with van der Waals surface area (Å²) in [4.78, 5) is 11.8. The van der Waals surface area contributed by atoms with Crippen LogP contribution < -0.4 is 11.1 Å². The number of carbonyl (C=O) groups excluding carboxylic acids is 1. The number of nitrogens with two attached hydrogens (primary N) is 1. The Morgan fingerprint density at radius 1 is 1.21 bits per heavy atom. The predicted molar refractivity (Wildman–Crippen MR) is 73.7 cm³/mol. The van der Waals surface area contributed by atoms with E-state index in [2.05, 4.69) is 15.5 Å². The van der Waals surface area contributed by atoms with Crippen LogP contribution in [0, 0.1) is 0 Å². The van der Waals surface area contributed by atoms with Crippen LogP contribution in [-0.2, 0) is 4.79 Å². The van der Waals surface area contributed by atoms with Crippen molar-refractivity contribution in [1.82, 2.24) is 10.2 Å². The standard InChI is InChI=1S/C13H13ClN4O/c14-11-6-7-12(18-17-11)16-13(19)8-10(15)9-4-2-1-3-5-9/h1-7,10H,8,15H2,(H,16,18,19). The zero-order chi connectivity index (χ0) is 13.7. The molecule has 0 bridgehead atoms. The van der Waals surface area contributed by atoms with Gasteiger partial charge in [-0.15, -0.1) is 10.2 Å². The van der Waals surface area contributed by atoms with Crippen LogP contribution in [0.15, 0.2) is 42.5 Å². The van der Waals surface area contributed by atoms with E-state index in [1.807, 2.05) is 30.3 Å². The van der Waals surface area contributed by atoms with Crippen molar-refractivity contribution < 1.29 is 4.79 Å². The Bertz CT molecular complexity index is 544. The topological polar surface area (TPSA) is 80.9 Å². The first-order valence-corrected chi connectivity index (χ1v) is 6.12. The van der Waals surface area contributed by atoms with Gasteiger partial charge >= 0.3 is 0 Å². The fourth-order valence-corrected chi connectivity index (χ4v) is 1.70. The van der Waals surface area contributed by atoms with E-state index in [1.165, 1.54) is 0 Å². The van der Waals surface area contributed by atoms with Crippen LogP contribution in [0.4, 0.5) is 5.82 Å². The minimum atomic E-state index is -0.346. The number of nitrogens with one attached hydrogen (secondary N) is 1. The molecule has 19 heavy (non-hydrogen) atoms. The van der Waals surface area contributed by atoms with E-state index in [9.17, 15) is 4.79 Å². The first kappa shape index (κ1) is 13.5. The van der Waals surface area contributed by atoms with Crippen molar-refractivity contribution in [3.63, 3.8) is 0 Å². The number of nitrogens with zero attached hydrogens (tertiary/aromatic N) is 2. The zero-order valence-electron chi connectivity index (χ0n) is 10.1. The fraction of sp³-hybridized carbons (Fsp3) is 0.154. The number of anilines is 1. The van der Waals surface area contributed by atoms with Gasteiger partial charge in [0.25, 0.3) is 0 Å². The molecular formula is C13H13ClN4O. The maximum atomic E-state index is 11.8. The van der Waals surface area contributed by atoms with Crippen LogP contribution in [0.1, 0.15) is 18.0 Å². The van der Waals surface area contributed by atoms with Gasteiger partial charge < -0.3 is 11.1 Å². The van der Waals surface area contributed by atoms with Crippen LogP contribution in [0.5, 0.6) is 0 Å². The average Bonchev–Trinajstić information content (AvgIpc) is 2.42. The lowest BCUT2D eigenvalue weighted by Crippen LogP contribution is -2.21. The molecule has 1 heterocycles. The summed E-state index contributed by atoms with van der Waals surface area (Å²) >= 11 is 5.61. The molecule has 0 saturated heterocycles. The number of hydrogen-bond donors (Lipinski definition) is 2. The highest BCUT2D eigenvalue weighted by atomic mass is 35.5. The number of rotatable bonds is 4. The summed E-state index contributed by atoms with van der Waals surface area (Å²) in [6, 6.07) is 12.2. The van der Waals surface area contributed by atoms with Gasteiger partial charge in [0.1, 0.15) is 0 Å². The molecule has 1 aromatic carbocycles. The molecule has 0 saturated carbocycles. The molecule has 1 unspecified atom stereocenters. The number of carbonyl (C=O) groups is 1. The van der Waals surface area contributed by atoms with Gasteiger partial charge in [-0.2, -0.15) is 0 Å². The van der Waals surface area contributed by atoms with Crippen molar-refractivity contribution in [3.8, 4) is 0 Å². The maximum absolute atomic E-state index is 11.8. The molecule has 0 spiro atoms. The van der Waals surface area contributed by atoms with Gasteiger partial charge in [0.2, 0.25) is 5.91 Å². The van der Waals surface area contributed by atoms with E-state index < -0.39 is 0 Å². The largest absolute Gasteiger partial charge is 0.324 e. The van der Waals surface area contributed by atoms with E-state index in [1.54, 1.807) is 12.1 Å². The van der Waals surface area contributed by atoms with Crippen LogP contribution in [-0.4, -0.2) is 16.1 Å². The third-order valence-corrected chi connectivity index (χ3v) is 2.73. The number of hydrogen-bond acceptors (Lipinski definition) is 4. The van der Waals surface area contributed by atoms with Gasteiger partial charge in [0.15, 0.2) is 11.0 Å². The van der Waals surface area contributed by atoms with Crippen LogP contribution in [0.3, 0.4) is 0 Å². The summed E-state index contributed by atoms with van der Waals surface area (Å²) in [7, 11) is 0. The molecule has 0 aliphatic heterocycles. The summed E-state index contributed by atoms with van der Waals surface area (Å²) in [5.41, 5.74) is 6.87. The zero-order valence-corrected chi connectivity index (χ0v) is 10.8. The Morgan fingerprint density at radius 3 is 2.58 bits per heavy atom. The predicted octanol–water partition coefficient (Wildman–Crippen LogP) is 2.16. The van der Waals surface area contributed by atoms with Crippen molar-refractivity contribution in [2.45, 2.75) is 12.5 Å². The highest BCUT2D eigenvalue weighted by Gasteiger charge is 2.12. The lowest BCUT2D eigenvalue weighted by atomic mass is 10.0. The van der Waals surface area contributed by atoms with E-state index in [0.717, 1.165) is 5.56 Å². The van der Waals surface area contributed by atoms with Gasteiger partial charge in [0, 0.05) is 12.5 Å². The van der Waals surface area contributed by atoms with Gasteiger partial charge in [-0.05, 0) is 17.7 Å². The normalized spacial score (nSPS) is 11.9. The molecule has 3 N–H and O–H groups in total. The highest BCUT2D eigenvalue weighted by Crippen LogP contribution is 2.14. The van der Waals surface area contributed by atoms with Crippen LogP contribution in [0.2, 0.25) is 5.15 Å². The van der Waals surface area contributed by atoms with Crippen LogP contribution >= 0.6 is 11.6 Å². The van der Waals surface area contributed by atoms with Crippen molar-refractivity contribution in [3.05, 3.63) is 53.2 Å². The lowest BCUT2D eigenvalue weighted by Gasteiger charge is -2.11. The second kappa shape index (κ2) is 6.26. The highest BCUT2D eigenvalue weighted by molar-refractivity contribution is 6.29. The molecule has 1 aromatic heterocycles. The molecule has 2 rings (SSSR count). The van der Waals surface area contributed by atoms with Gasteiger partial charge in [-0.3, -0.25) is 4.79 Å². The SMILES string of the molecule is NC(CC(=O)Nc1ccc(Cl)nn1)c1ccccc1. The van der Waals surface area contributed by atoms with Gasteiger partial charge in [-0.1, -0.05) is 41.9 Å². The number of halogens is 1. The van der Waals surface area contributed by atoms with Crippen LogP contribution in [0.25, 0.3) is 0 Å². The maximum Gasteiger partial charge on any atom is 0.227 e. The second-order valence-corrected chi connectivity index (χ2v) is 4.40. The van der Waals surface area contributed by atoms with Crippen molar-refractivity contribution in [2.75, 3.05) is 5.32 Å². The molecule has 1 amide bonds. The second-order valence-electron chi connectivity index (χ2n) is 4.01. The molecular weight excluding hydrogens is 264 g/mol. The third kappa shape index (κ3) is 4.01. The Hall–Kier alpha value is -1.98. The summed E-state index contributed by atoms with van der Waals surface area (Å²) < 4.78 is 0. The van der Waals surface area contributed by atoms with E-state index >= 15 is 0 Å². The lowest BCUT2D eigenvalue weighted by molar-refractivity contribution is -0.116. The molecule has 5 nitrogen and oxygen atoms in total. The monoisotopic (exact) mass is 276 g/mol. The fourth-order valence-electron chi connectivity index (χ4n) is 1.59. The quantitative estimate of drug-likeness (QED) is 0.897. The first-order valence-electron chi connectivity index (χ1n) is 5.75. The molecule has 2 aromatic rings. The van der Waals surface area contributed by atoms with Crippen molar-refractivity contribution >= 4 is 23.3 Å². The minimum absolute atomic E-state index is 0.175. The molecule has 0 aliphatic rings. The summed E-state index contributed by atoms with van der Waals surface area (Å²) in [6.45, 7) is 0. The number of benzene rings is 1. The summed E-state index contributed by atoms with van der Waals surface area (Å²) in [5, 5.41) is 10.3. The Morgan fingerprint density at radius 2 is 1.95 bits per heavy atom. The Kier molecular flexibility index (Phi) is 4.43. The smallest absolute Gasteiger partial charge is 0.227 e. The Balaban J connectivity index is 1.93. The summed E-state index contributed by atoms with van der Waals surface area (Å²) in [5.74, 6) is 0.141. The molecule has 0 fully saturated rings. The number of aromatic nitrogens is 2. The average molecular weight is 277 g/mol. The number of amides is 1. The third-order valence-electron chi connectivity index (χ3n) is 2.53. The van der Waals surface area contributed by atoms with Crippen molar-refractivity contribution in [1.29, 1.82) is 0 Å². The Labute approximate surface area is 115 Å². The summed E-state index contributed by atoms with van der Waals surface area (Å²) in [6.07, 6.45) is 0.175. The molecule has 0 aliphatic carbocycles. The van der Waals surface area contributed by atoms with E-state index in [0.29, 0.717) is 5.82 Å². The van der Waals surface area contributed by atoms with E-state index in [-0.39, 0.29) is 23.5 Å². The molecule has 6 heteroatoms. The first-order chi connectivity index (χ1) is 9.15. The van der Waals surface area contributed by atoms with E-state index in [4.69, 9.17) is 17.3 Å². The molecule has 0 radical (unpaired) electrons. The van der Waals surface area contributed by atoms with Gasteiger partial charge in [-0.25, -0.2) is 0 Å².